The lowest BCUT2D eigenvalue weighted by Gasteiger charge is -2.41. The Morgan fingerprint density at radius 1 is 1.33 bits per heavy atom. The Balaban J connectivity index is 1.99. The van der Waals surface area contributed by atoms with E-state index in [1.165, 1.54) is 0 Å². The highest BCUT2D eigenvalue weighted by molar-refractivity contribution is 7.15. The van der Waals surface area contributed by atoms with Gasteiger partial charge in [-0.05, 0) is 18.8 Å². The fourth-order valence-corrected chi connectivity index (χ4v) is 3.86. The lowest BCUT2D eigenvalue weighted by atomic mass is 10.1. The Hall–Kier alpha value is -0.720. The van der Waals surface area contributed by atoms with Crippen LogP contribution in [0.4, 0.5) is 5.13 Å². The number of hydrogen-bond acceptors (Lipinski definition) is 6. The van der Waals surface area contributed by atoms with Crippen LogP contribution in [-0.4, -0.2) is 59.0 Å². The molecule has 2 heterocycles. The van der Waals surface area contributed by atoms with Crippen molar-refractivity contribution in [3.05, 3.63) is 5.01 Å². The van der Waals surface area contributed by atoms with Crippen LogP contribution in [0.25, 0.3) is 0 Å². The van der Waals surface area contributed by atoms with Gasteiger partial charge < -0.3 is 10.0 Å². The van der Waals surface area contributed by atoms with Crippen molar-refractivity contribution in [1.82, 2.24) is 15.1 Å². The number of rotatable bonds is 7. The Labute approximate surface area is 132 Å². The highest BCUT2D eigenvalue weighted by atomic mass is 32.1. The van der Waals surface area contributed by atoms with E-state index in [0.717, 1.165) is 55.6 Å². The highest BCUT2D eigenvalue weighted by Crippen LogP contribution is 2.25. The van der Waals surface area contributed by atoms with Crippen molar-refractivity contribution in [2.45, 2.75) is 46.1 Å². The molecule has 1 aromatic rings. The van der Waals surface area contributed by atoms with Crippen LogP contribution < -0.4 is 4.90 Å². The van der Waals surface area contributed by atoms with E-state index < -0.39 is 0 Å². The number of hydrogen-bond donors (Lipinski definition) is 1. The van der Waals surface area contributed by atoms with E-state index in [-0.39, 0.29) is 6.61 Å². The highest BCUT2D eigenvalue weighted by Gasteiger charge is 2.28. The number of aliphatic hydroxyl groups is 1. The van der Waals surface area contributed by atoms with Crippen molar-refractivity contribution in [1.29, 1.82) is 0 Å². The molecule has 0 saturated carbocycles. The Bertz CT molecular complexity index is 424. The van der Waals surface area contributed by atoms with Crippen molar-refractivity contribution in [2.75, 3.05) is 37.7 Å². The summed E-state index contributed by atoms with van der Waals surface area (Å²) in [5, 5.41) is 20.1. The zero-order valence-corrected chi connectivity index (χ0v) is 14.3. The van der Waals surface area contributed by atoms with Crippen LogP contribution >= 0.6 is 11.3 Å². The molecule has 0 spiro atoms. The van der Waals surface area contributed by atoms with Crippen LogP contribution in [0.5, 0.6) is 0 Å². The summed E-state index contributed by atoms with van der Waals surface area (Å²) in [5.41, 5.74) is 0. The number of aliphatic hydroxyl groups excluding tert-OH is 1. The van der Waals surface area contributed by atoms with Crippen molar-refractivity contribution in [2.24, 2.45) is 5.92 Å². The standard InChI is InChI=1S/C15H28N4OS/c1-4-5-14-16-17-15(21-14)19-8-7-18(10-12(2)3)13(11-19)6-9-20/h12-13,20H,4-11H2,1-3H3/t13-/m0/s1. The van der Waals surface area contributed by atoms with E-state index in [0.29, 0.717) is 12.0 Å². The lowest BCUT2D eigenvalue weighted by Crippen LogP contribution is -2.54. The van der Waals surface area contributed by atoms with E-state index in [4.69, 9.17) is 0 Å². The zero-order chi connectivity index (χ0) is 15.2. The van der Waals surface area contributed by atoms with E-state index in [2.05, 4.69) is 40.8 Å². The molecule has 0 radical (unpaired) electrons. The molecular formula is C15H28N4OS. The molecule has 1 aliphatic rings. The Kier molecular flexibility index (Phi) is 6.39. The average Bonchev–Trinajstić information content (AvgIpc) is 2.89. The van der Waals surface area contributed by atoms with Crippen molar-refractivity contribution in [3.8, 4) is 0 Å². The first-order chi connectivity index (χ1) is 10.1. The van der Waals surface area contributed by atoms with E-state index in [1.54, 1.807) is 11.3 Å². The largest absolute Gasteiger partial charge is 0.396 e. The monoisotopic (exact) mass is 312 g/mol. The third-order valence-corrected chi connectivity index (χ3v) is 4.90. The van der Waals surface area contributed by atoms with Crippen LogP contribution in [0.3, 0.4) is 0 Å². The van der Waals surface area contributed by atoms with Gasteiger partial charge in [-0.25, -0.2) is 0 Å². The molecule has 5 nitrogen and oxygen atoms in total. The van der Waals surface area contributed by atoms with Gasteiger partial charge in [0.05, 0.1) is 0 Å². The summed E-state index contributed by atoms with van der Waals surface area (Å²) >= 11 is 1.72. The van der Waals surface area contributed by atoms with Gasteiger partial charge >= 0.3 is 0 Å². The second kappa shape index (κ2) is 8.06. The molecule has 120 valence electrons. The van der Waals surface area contributed by atoms with E-state index >= 15 is 0 Å². The second-order valence-electron chi connectivity index (χ2n) is 6.23. The van der Waals surface area contributed by atoms with Crippen LogP contribution in [0, 0.1) is 5.92 Å². The minimum Gasteiger partial charge on any atom is -0.396 e. The maximum Gasteiger partial charge on any atom is 0.208 e. The zero-order valence-electron chi connectivity index (χ0n) is 13.5. The number of anilines is 1. The SMILES string of the molecule is CCCc1nnc(N2CCN(CC(C)C)[C@@H](CCO)C2)s1. The summed E-state index contributed by atoms with van der Waals surface area (Å²) in [6.07, 6.45) is 2.97. The van der Waals surface area contributed by atoms with Crippen LogP contribution in [0.1, 0.15) is 38.6 Å². The predicted octanol–water partition coefficient (Wildman–Crippen LogP) is 2.02. The number of piperazine rings is 1. The summed E-state index contributed by atoms with van der Waals surface area (Å²) in [6, 6.07) is 0.421. The molecule has 0 unspecified atom stereocenters. The fraction of sp³-hybridized carbons (Fsp3) is 0.867. The predicted molar refractivity (Wildman–Crippen MR) is 88.0 cm³/mol. The van der Waals surface area contributed by atoms with Crippen molar-refractivity contribution >= 4 is 16.5 Å². The number of aromatic nitrogens is 2. The molecule has 1 atom stereocenters. The van der Waals surface area contributed by atoms with Gasteiger partial charge in [-0.15, -0.1) is 10.2 Å². The first-order valence-electron chi connectivity index (χ1n) is 8.06. The number of aryl methyl sites for hydroxylation is 1. The molecule has 1 fully saturated rings. The molecule has 6 heteroatoms. The van der Waals surface area contributed by atoms with E-state index in [1.807, 2.05) is 0 Å². The topological polar surface area (TPSA) is 52.5 Å². The molecule has 0 aliphatic carbocycles. The van der Waals surface area contributed by atoms with Crippen molar-refractivity contribution in [3.63, 3.8) is 0 Å². The molecular weight excluding hydrogens is 284 g/mol. The smallest absolute Gasteiger partial charge is 0.208 e. The van der Waals surface area contributed by atoms with Gasteiger partial charge in [-0.1, -0.05) is 32.1 Å². The van der Waals surface area contributed by atoms with Crippen molar-refractivity contribution < 1.29 is 5.11 Å². The molecule has 1 aromatic heterocycles. The molecule has 0 bridgehead atoms. The van der Waals surface area contributed by atoms with Crippen LogP contribution in [0.15, 0.2) is 0 Å². The fourth-order valence-electron chi connectivity index (χ4n) is 2.89. The number of nitrogens with zero attached hydrogens (tertiary/aromatic N) is 4. The van der Waals surface area contributed by atoms with Gasteiger partial charge in [-0.2, -0.15) is 0 Å². The third-order valence-electron chi connectivity index (χ3n) is 3.86. The molecule has 1 aliphatic heterocycles. The van der Waals surface area contributed by atoms with Gasteiger partial charge in [0.2, 0.25) is 5.13 Å². The van der Waals surface area contributed by atoms with E-state index in [9.17, 15) is 5.11 Å². The first kappa shape index (κ1) is 16.6. The van der Waals surface area contributed by atoms with Gasteiger partial charge in [0.1, 0.15) is 5.01 Å². The summed E-state index contributed by atoms with van der Waals surface area (Å²) in [5.74, 6) is 0.662. The maximum absolute atomic E-state index is 9.33. The molecule has 0 aromatic carbocycles. The first-order valence-corrected chi connectivity index (χ1v) is 8.88. The quantitative estimate of drug-likeness (QED) is 0.835. The van der Waals surface area contributed by atoms with Gasteiger partial charge in [0.25, 0.3) is 0 Å². The summed E-state index contributed by atoms with van der Waals surface area (Å²) in [6.45, 7) is 11.0. The molecule has 2 rings (SSSR count). The van der Waals surface area contributed by atoms with Gasteiger partial charge in [0, 0.05) is 45.2 Å². The van der Waals surface area contributed by atoms with Gasteiger partial charge in [-0.3, -0.25) is 4.90 Å². The van der Waals surface area contributed by atoms with Gasteiger partial charge in [0.15, 0.2) is 0 Å². The summed E-state index contributed by atoms with van der Waals surface area (Å²) < 4.78 is 0. The maximum atomic E-state index is 9.33. The minimum absolute atomic E-state index is 0.254. The van der Waals surface area contributed by atoms with Crippen LogP contribution in [0.2, 0.25) is 0 Å². The normalized spacial score (nSPS) is 20.4. The molecule has 21 heavy (non-hydrogen) atoms. The lowest BCUT2D eigenvalue weighted by molar-refractivity contribution is 0.129. The third kappa shape index (κ3) is 4.63. The minimum atomic E-state index is 0.254. The second-order valence-corrected chi connectivity index (χ2v) is 7.27. The molecule has 1 N–H and O–H groups in total. The molecule has 1 saturated heterocycles. The summed E-state index contributed by atoms with van der Waals surface area (Å²) in [4.78, 5) is 4.86. The Morgan fingerprint density at radius 2 is 2.14 bits per heavy atom. The average molecular weight is 312 g/mol. The summed E-state index contributed by atoms with van der Waals surface area (Å²) in [7, 11) is 0. The molecule has 0 amide bonds. The van der Waals surface area contributed by atoms with Crippen LogP contribution in [-0.2, 0) is 6.42 Å². The Morgan fingerprint density at radius 3 is 2.81 bits per heavy atom.